The summed E-state index contributed by atoms with van der Waals surface area (Å²) in [6, 6.07) is 5.66. The van der Waals surface area contributed by atoms with E-state index in [4.69, 9.17) is 4.63 Å². The second-order valence-electron chi connectivity index (χ2n) is 9.35. The summed E-state index contributed by atoms with van der Waals surface area (Å²) in [6.45, 7) is 6.02. The lowest BCUT2D eigenvalue weighted by atomic mass is 9.93. The fourth-order valence-corrected chi connectivity index (χ4v) is 5.32. The molecule has 2 fully saturated rings. The number of fused-ring (bicyclic) bond motifs is 1. The molecule has 0 unspecified atom stereocenters. The number of likely N-dealkylation sites (tertiary alicyclic amines) is 1. The number of amides is 3. The number of hydrogen-bond donors (Lipinski definition) is 0. The number of aromatic nitrogens is 2. The first-order valence-corrected chi connectivity index (χ1v) is 11.8. The summed E-state index contributed by atoms with van der Waals surface area (Å²) < 4.78 is 4.72. The standard InChI is InChI=1S/C24H29N5O4/c1-15-7-3-4-12-28(15)22(30)17-8-6-11-27(13-17)20-10-5-9-18-21(20)24(32)29(23(18)31)14-19-16(2)25-33-26-19/h5,9-10,15,17H,3-4,6-8,11-14H2,1-2H3/t15-,17+/m1/s1. The summed E-state index contributed by atoms with van der Waals surface area (Å²) in [6.07, 6.45) is 5.02. The molecule has 1 aromatic heterocycles. The molecule has 9 heteroatoms. The molecule has 9 nitrogen and oxygen atoms in total. The number of nitrogens with zero attached hydrogens (tertiary/aromatic N) is 5. The number of benzene rings is 1. The molecule has 0 aliphatic carbocycles. The number of rotatable bonds is 4. The Hall–Kier alpha value is -3.23. The van der Waals surface area contributed by atoms with E-state index >= 15 is 0 Å². The molecular formula is C24H29N5O4. The van der Waals surface area contributed by atoms with E-state index in [1.54, 1.807) is 13.0 Å². The molecule has 174 valence electrons. The highest BCUT2D eigenvalue weighted by Crippen LogP contribution is 2.35. The topological polar surface area (TPSA) is 99.8 Å². The van der Waals surface area contributed by atoms with Gasteiger partial charge in [0.15, 0.2) is 0 Å². The fourth-order valence-electron chi connectivity index (χ4n) is 5.32. The minimum absolute atomic E-state index is 0.0229. The summed E-state index contributed by atoms with van der Waals surface area (Å²) in [5.74, 6) is -0.558. The second kappa shape index (κ2) is 8.61. The van der Waals surface area contributed by atoms with Gasteiger partial charge in [0, 0.05) is 25.7 Å². The zero-order valence-electron chi connectivity index (χ0n) is 19.1. The lowest BCUT2D eigenvalue weighted by Gasteiger charge is -2.40. The van der Waals surface area contributed by atoms with E-state index in [2.05, 4.69) is 22.1 Å². The molecule has 4 heterocycles. The molecule has 5 rings (SSSR count). The van der Waals surface area contributed by atoms with Crippen LogP contribution in [0.4, 0.5) is 5.69 Å². The molecule has 3 aliphatic rings. The molecule has 1 aromatic carbocycles. The number of hydrogen-bond acceptors (Lipinski definition) is 7. The van der Waals surface area contributed by atoms with Crippen molar-refractivity contribution >= 4 is 23.4 Å². The first-order valence-electron chi connectivity index (χ1n) is 11.8. The number of aryl methyl sites for hydroxylation is 1. The molecule has 3 aliphatic heterocycles. The molecule has 0 spiro atoms. The van der Waals surface area contributed by atoms with Gasteiger partial charge in [-0.25, -0.2) is 4.63 Å². The van der Waals surface area contributed by atoms with E-state index in [1.165, 1.54) is 11.3 Å². The van der Waals surface area contributed by atoms with Crippen molar-refractivity contribution in [1.29, 1.82) is 0 Å². The minimum Gasteiger partial charge on any atom is -0.370 e. The van der Waals surface area contributed by atoms with Crippen molar-refractivity contribution < 1.29 is 19.0 Å². The number of piperidine rings is 2. The van der Waals surface area contributed by atoms with Gasteiger partial charge in [-0.15, -0.1) is 0 Å². The van der Waals surface area contributed by atoms with Crippen LogP contribution >= 0.6 is 0 Å². The summed E-state index contributed by atoms with van der Waals surface area (Å²) in [4.78, 5) is 45.0. The average molecular weight is 452 g/mol. The van der Waals surface area contributed by atoms with Gasteiger partial charge in [0.25, 0.3) is 11.8 Å². The van der Waals surface area contributed by atoms with Crippen molar-refractivity contribution in [3.8, 4) is 0 Å². The molecule has 0 bridgehead atoms. The van der Waals surface area contributed by atoms with E-state index in [1.807, 2.05) is 17.0 Å². The summed E-state index contributed by atoms with van der Waals surface area (Å²) in [7, 11) is 0. The van der Waals surface area contributed by atoms with Gasteiger partial charge in [-0.2, -0.15) is 0 Å². The van der Waals surface area contributed by atoms with E-state index in [0.29, 0.717) is 29.1 Å². The van der Waals surface area contributed by atoms with Crippen LogP contribution in [-0.2, 0) is 11.3 Å². The molecule has 3 amide bonds. The maximum absolute atomic E-state index is 13.3. The Kier molecular flexibility index (Phi) is 5.64. The van der Waals surface area contributed by atoms with E-state index in [0.717, 1.165) is 44.5 Å². The third kappa shape index (κ3) is 3.79. The van der Waals surface area contributed by atoms with Crippen molar-refractivity contribution in [3.63, 3.8) is 0 Å². The van der Waals surface area contributed by atoms with Crippen molar-refractivity contribution in [2.45, 2.75) is 58.5 Å². The SMILES string of the molecule is Cc1nonc1CN1C(=O)c2cccc(N3CCC[C@H](C(=O)N4CCCC[C@H]4C)C3)c2C1=O. The van der Waals surface area contributed by atoms with Crippen LogP contribution in [0.2, 0.25) is 0 Å². The Bertz CT molecular complexity index is 1100. The predicted molar refractivity (Wildman–Crippen MR) is 120 cm³/mol. The zero-order valence-corrected chi connectivity index (χ0v) is 19.1. The molecule has 33 heavy (non-hydrogen) atoms. The lowest BCUT2D eigenvalue weighted by Crippen LogP contribution is -2.49. The van der Waals surface area contributed by atoms with Crippen molar-refractivity contribution in [2.75, 3.05) is 24.5 Å². The molecule has 0 radical (unpaired) electrons. The average Bonchev–Trinajstić information content (AvgIpc) is 3.35. The molecule has 0 N–H and O–H groups in total. The third-order valence-electron chi connectivity index (χ3n) is 7.23. The van der Waals surface area contributed by atoms with Crippen LogP contribution in [0.15, 0.2) is 22.8 Å². The van der Waals surface area contributed by atoms with Crippen LogP contribution in [-0.4, -0.2) is 63.5 Å². The largest absolute Gasteiger partial charge is 0.370 e. The van der Waals surface area contributed by atoms with Crippen LogP contribution in [0, 0.1) is 12.8 Å². The zero-order chi connectivity index (χ0) is 23.1. The molecule has 2 saturated heterocycles. The van der Waals surface area contributed by atoms with Gasteiger partial charge in [0.2, 0.25) is 5.91 Å². The molecule has 2 atom stereocenters. The van der Waals surface area contributed by atoms with Gasteiger partial charge in [-0.3, -0.25) is 19.3 Å². The molecule has 2 aromatic rings. The smallest absolute Gasteiger partial charge is 0.264 e. The number of anilines is 1. The summed E-state index contributed by atoms with van der Waals surface area (Å²) in [5, 5.41) is 7.56. The van der Waals surface area contributed by atoms with Crippen LogP contribution in [0.3, 0.4) is 0 Å². The number of imide groups is 1. The Morgan fingerprint density at radius 3 is 2.70 bits per heavy atom. The van der Waals surface area contributed by atoms with E-state index in [9.17, 15) is 14.4 Å². The first kappa shape index (κ1) is 21.6. The minimum atomic E-state index is -0.342. The maximum atomic E-state index is 13.3. The van der Waals surface area contributed by atoms with Crippen LogP contribution < -0.4 is 4.90 Å². The molecular weight excluding hydrogens is 422 g/mol. The summed E-state index contributed by atoms with van der Waals surface area (Å²) >= 11 is 0. The monoisotopic (exact) mass is 451 g/mol. The predicted octanol–water partition coefficient (Wildman–Crippen LogP) is 2.79. The highest BCUT2D eigenvalue weighted by Gasteiger charge is 2.40. The quantitative estimate of drug-likeness (QED) is 0.659. The third-order valence-corrected chi connectivity index (χ3v) is 7.23. The van der Waals surface area contributed by atoms with Crippen LogP contribution in [0.25, 0.3) is 0 Å². The van der Waals surface area contributed by atoms with Gasteiger partial charge >= 0.3 is 0 Å². The number of carbonyl (C=O) groups excluding carboxylic acids is 3. The normalized spacial score (nSPS) is 23.3. The van der Waals surface area contributed by atoms with Gasteiger partial charge in [0.05, 0.1) is 29.3 Å². The number of carbonyl (C=O) groups is 3. The van der Waals surface area contributed by atoms with E-state index in [-0.39, 0.29) is 36.2 Å². The van der Waals surface area contributed by atoms with Crippen molar-refractivity contribution in [3.05, 3.63) is 40.7 Å². The van der Waals surface area contributed by atoms with Gasteiger partial charge in [-0.1, -0.05) is 16.4 Å². The highest BCUT2D eigenvalue weighted by molar-refractivity contribution is 6.23. The Labute approximate surface area is 192 Å². The first-order chi connectivity index (χ1) is 16.0. The maximum Gasteiger partial charge on any atom is 0.264 e. The van der Waals surface area contributed by atoms with Gasteiger partial charge < -0.3 is 9.80 Å². The Morgan fingerprint density at radius 2 is 1.94 bits per heavy atom. The van der Waals surface area contributed by atoms with Crippen molar-refractivity contribution in [2.24, 2.45) is 5.92 Å². The van der Waals surface area contributed by atoms with Crippen LogP contribution in [0.5, 0.6) is 0 Å². The van der Waals surface area contributed by atoms with Gasteiger partial charge in [0.1, 0.15) is 11.4 Å². The van der Waals surface area contributed by atoms with Crippen molar-refractivity contribution in [1.82, 2.24) is 20.1 Å². The Morgan fingerprint density at radius 1 is 1.09 bits per heavy atom. The molecule has 0 saturated carbocycles. The van der Waals surface area contributed by atoms with E-state index < -0.39 is 0 Å². The Balaban J connectivity index is 1.38. The van der Waals surface area contributed by atoms with Crippen LogP contribution in [0.1, 0.15) is 71.1 Å². The fraction of sp³-hybridized carbons (Fsp3) is 0.542. The summed E-state index contributed by atoms with van der Waals surface area (Å²) in [5.41, 5.74) is 2.55. The van der Waals surface area contributed by atoms with Gasteiger partial charge in [-0.05, 0) is 58.1 Å². The lowest BCUT2D eigenvalue weighted by molar-refractivity contribution is -0.139. The second-order valence-corrected chi connectivity index (χ2v) is 9.35. The highest BCUT2D eigenvalue weighted by atomic mass is 16.6.